The van der Waals surface area contributed by atoms with Gasteiger partial charge >= 0.3 is 0 Å². The molecule has 0 saturated carbocycles. The summed E-state index contributed by atoms with van der Waals surface area (Å²) in [6, 6.07) is 12.6. The highest BCUT2D eigenvalue weighted by Gasteiger charge is 2.17. The van der Waals surface area contributed by atoms with Crippen LogP contribution < -0.4 is 16.4 Å². The molecular formula is C15H17N3O. The van der Waals surface area contributed by atoms with Crippen molar-refractivity contribution in [3.63, 3.8) is 0 Å². The van der Waals surface area contributed by atoms with Crippen molar-refractivity contribution in [3.05, 3.63) is 53.6 Å². The van der Waals surface area contributed by atoms with E-state index in [-0.39, 0.29) is 5.91 Å². The van der Waals surface area contributed by atoms with Crippen molar-refractivity contribution in [2.24, 2.45) is 0 Å². The van der Waals surface area contributed by atoms with Gasteiger partial charge in [-0.3, -0.25) is 4.79 Å². The van der Waals surface area contributed by atoms with Gasteiger partial charge < -0.3 is 16.4 Å². The molecular weight excluding hydrogens is 238 g/mol. The van der Waals surface area contributed by atoms with Crippen LogP contribution in [-0.2, 0) is 0 Å². The molecule has 0 spiro atoms. The first kappa shape index (κ1) is 13.0. The van der Waals surface area contributed by atoms with Crippen LogP contribution in [0, 0.1) is 6.92 Å². The highest BCUT2D eigenvalue weighted by atomic mass is 16.2. The van der Waals surface area contributed by atoms with E-state index in [1.807, 2.05) is 31.2 Å². The third-order valence-corrected chi connectivity index (χ3v) is 3.09. The molecule has 0 radical (unpaired) electrons. The zero-order chi connectivity index (χ0) is 14.0. The lowest BCUT2D eigenvalue weighted by Gasteiger charge is -2.20. The lowest BCUT2D eigenvalue weighted by Crippen LogP contribution is -2.27. The minimum atomic E-state index is -0.146. The van der Waals surface area contributed by atoms with Crippen molar-refractivity contribution in [2.45, 2.75) is 6.92 Å². The zero-order valence-electron chi connectivity index (χ0n) is 11.1. The summed E-state index contributed by atoms with van der Waals surface area (Å²) in [5, 5.41) is 0. The van der Waals surface area contributed by atoms with Gasteiger partial charge in [-0.15, -0.1) is 0 Å². The zero-order valence-corrected chi connectivity index (χ0v) is 11.1. The second kappa shape index (κ2) is 5.02. The molecule has 0 bridgehead atoms. The van der Waals surface area contributed by atoms with E-state index in [1.54, 1.807) is 30.1 Å². The van der Waals surface area contributed by atoms with Gasteiger partial charge in [0, 0.05) is 24.1 Å². The van der Waals surface area contributed by atoms with Crippen molar-refractivity contribution in [1.82, 2.24) is 0 Å². The van der Waals surface area contributed by atoms with E-state index >= 15 is 0 Å². The van der Waals surface area contributed by atoms with Crippen LogP contribution in [0.4, 0.5) is 17.1 Å². The molecule has 0 atom stereocenters. The third-order valence-electron chi connectivity index (χ3n) is 3.09. The summed E-state index contributed by atoms with van der Waals surface area (Å²) < 4.78 is 0. The number of rotatable bonds is 2. The molecule has 1 amide bonds. The van der Waals surface area contributed by atoms with E-state index in [4.69, 9.17) is 11.5 Å². The summed E-state index contributed by atoms with van der Waals surface area (Å²) in [5.74, 6) is -0.146. The maximum Gasteiger partial charge on any atom is 0.260 e. The predicted molar refractivity (Wildman–Crippen MR) is 79.2 cm³/mol. The van der Waals surface area contributed by atoms with E-state index in [9.17, 15) is 4.79 Å². The lowest BCUT2D eigenvalue weighted by atomic mass is 10.1. The first-order chi connectivity index (χ1) is 9.00. The van der Waals surface area contributed by atoms with Gasteiger partial charge in [0.2, 0.25) is 0 Å². The largest absolute Gasteiger partial charge is 0.399 e. The van der Waals surface area contributed by atoms with Crippen molar-refractivity contribution < 1.29 is 4.79 Å². The van der Waals surface area contributed by atoms with Crippen molar-refractivity contribution in [1.29, 1.82) is 0 Å². The molecule has 2 aromatic carbocycles. The molecule has 0 aliphatic rings. The molecule has 0 heterocycles. The normalized spacial score (nSPS) is 10.2. The monoisotopic (exact) mass is 255 g/mol. The summed E-state index contributed by atoms with van der Waals surface area (Å²) in [5.41, 5.74) is 14.8. The number of carbonyl (C=O) groups excluding carboxylic acids is 1. The van der Waals surface area contributed by atoms with Crippen LogP contribution >= 0.6 is 0 Å². The summed E-state index contributed by atoms with van der Waals surface area (Å²) in [4.78, 5) is 14.0. The van der Waals surface area contributed by atoms with Crippen LogP contribution in [0.15, 0.2) is 42.5 Å². The number of carbonyl (C=O) groups is 1. The molecule has 0 saturated heterocycles. The summed E-state index contributed by atoms with van der Waals surface area (Å²) in [6.07, 6.45) is 0. The Kier molecular flexibility index (Phi) is 3.42. The van der Waals surface area contributed by atoms with Crippen LogP contribution in [0.25, 0.3) is 0 Å². The minimum Gasteiger partial charge on any atom is -0.399 e. The number of amides is 1. The first-order valence-electron chi connectivity index (χ1n) is 5.99. The van der Waals surface area contributed by atoms with E-state index < -0.39 is 0 Å². The molecule has 2 aromatic rings. The Morgan fingerprint density at radius 2 is 1.79 bits per heavy atom. The first-order valence-corrected chi connectivity index (χ1v) is 5.99. The molecule has 2 rings (SSSR count). The van der Waals surface area contributed by atoms with Gasteiger partial charge in [0.25, 0.3) is 5.91 Å². The summed E-state index contributed by atoms with van der Waals surface area (Å²) in [7, 11) is 1.74. The fourth-order valence-electron chi connectivity index (χ4n) is 2.01. The number of para-hydroxylation sites is 1. The Bertz CT molecular complexity index is 623. The topological polar surface area (TPSA) is 72.3 Å². The second-order valence-electron chi connectivity index (χ2n) is 4.50. The van der Waals surface area contributed by atoms with Crippen LogP contribution in [-0.4, -0.2) is 13.0 Å². The Labute approximate surface area is 112 Å². The number of nitrogen functional groups attached to an aromatic ring is 2. The molecule has 0 unspecified atom stereocenters. The van der Waals surface area contributed by atoms with Crippen LogP contribution in [0.5, 0.6) is 0 Å². The number of hydrogen-bond acceptors (Lipinski definition) is 3. The van der Waals surface area contributed by atoms with E-state index in [0.29, 0.717) is 16.9 Å². The maximum absolute atomic E-state index is 12.4. The molecule has 0 aromatic heterocycles. The molecule has 4 nitrogen and oxygen atoms in total. The standard InChI is InChI=1S/C15H17N3O/c1-10-5-3-4-6-14(10)18(2)15(19)12-8-7-11(16)9-13(12)17/h3-9H,16-17H2,1-2H3. The van der Waals surface area contributed by atoms with Crippen LogP contribution in [0.3, 0.4) is 0 Å². The van der Waals surface area contributed by atoms with Crippen molar-refractivity contribution in [2.75, 3.05) is 23.4 Å². The van der Waals surface area contributed by atoms with Crippen LogP contribution in [0.1, 0.15) is 15.9 Å². The minimum absolute atomic E-state index is 0.146. The van der Waals surface area contributed by atoms with Gasteiger partial charge in [-0.1, -0.05) is 18.2 Å². The average Bonchev–Trinajstić information content (AvgIpc) is 2.38. The number of anilines is 3. The fourth-order valence-corrected chi connectivity index (χ4v) is 2.01. The summed E-state index contributed by atoms with van der Waals surface area (Å²) in [6.45, 7) is 1.96. The van der Waals surface area contributed by atoms with Crippen molar-refractivity contribution >= 4 is 23.0 Å². The molecule has 4 N–H and O–H groups in total. The van der Waals surface area contributed by atoms with Gasteiger partial charge in [-0.25, -0.2) is 0 Å². The van der Waals surface area contributed by atoms with E-state index in [0.717, 1.165) is 11.3 Å². The number of nitrogens with two attached hydrogens (primary N) is 2. The van der Waals surface area contributed by atoms with Gasteiger partial charge in [-0.05, 0) is 36.8 Å². The maximum atomic E-state index is 12.4. The Balaban J connectivity index is 2.37. The molecule has 0 fully saturated rings. The second-order valence-corrected chi connectivity index (χ2v) is 4.50. The molecule has 19 heavy (non-hydrogen) atoms. The highest BCUT2D eigenvalue weighted by Crippen LogP contribution is 2.23. The number of nitrogens with zero attached hydrogens (tertiary/aromatic N) is 1. The molecule has 0 aliphatic carbocycles. The molecule has 0 aliphatic heterocycles. The Hall–Kier alpha value is -2.49. The van der Waals surface area contributed by atoms with Gasteiger partial charge in [-0.2, -0.15) is 0 Å². The number of hydrogen-bond donors (Lipinski definition) is 2. The highest BCUT2D eigenvalue weighted by molar-refractivity contribution is 6.09. The molecule has 98 valence electrons. The van der Waals surface area contributed by atoms with Gasteiger partial charge in [0.05, 0.1) is 5.56 Å². The quantitative estimate of drug-likeness (QED) is 0.809. The lowest BCUT2D eigenvalue weighted by molar-refractivity contribution is 0.0993. The van der Waals surface area contributed by atoms with Gasteiger partial charge in [0.1, 0.15) is 0 Å². The Morgan fingerprint density at radius 1 is 1.11 bits per heavy atom. The van der Waals surface area contributed by atoms with Crippen molar-refractivity contribution in [3.8, 4) is 0 Å². The predicted octanol–water partition coefficient (Wildman–Crippen LogP) is 2.44. The Morgan fingerprint density at radius 3 is 2.42 bits per heavy atom. The fraction of sp³-hybridized carbons (Fsp3) is 0.133. The number of benzene rings is 2. The smallest absolute Gasteiger partial charge is 0.260 e. The third kappa shape index (κ3) is 2.52. The number of aryl methyl sites for hydroxylation is 1. The average molecular weight is 255 g/mol. The van der Waals surface area contributed by atoms with E-state index in [1.165, 1.54) is 0 Å². The van der Waals surface area contributed by atoms with Crippen LogP contribution in [0.2, 0.25) is 0 Å². The van der Waals surface area contributed by atoms with Gasteiger partial charge in [0.15, 0.2) is 0 Å². The molecule has 4 heteroatoms. The van der Waals surface area contributed by atoms with E-state index in [2.05, 4.69) is 0 Å². The summed E-state index contributed by atoms with van der Waals surface area (Å²) >= 11 is 0. The SMILES string of the molecule is Cc1ccccc1N(C)C(=O)c1ccc(N)cc1N.